The molecule has 0 radical (unpaired) electrons. The normalized spacial score (nSPS) is 15.6. The zero-order valence-corrected chi connectivity index (χ0v) is 22.2. The third-order valence-corrected chi connectivity index (χ3v) is 6.35. The van der Waals surface area contributed by atoms with E-state index in [0.29, 0.717) is 21.8 Å². The van der Waals surface area contributed by atoms with Crippen LogP contribution in [0, 0.1) is 5.82 Å². The van der Waals surface area contributed by atoms with E-state index < -0.39 is 17.2 Å². The summed E-state index contributed by atoms with van der Waals surface area (Å²) in [4.78, 5) is 27.3. The van der Waals surface area contributed by atoms with Crippen molar-refractivity contribution >= 4 is 34.3 Å². The lowest BCUT2D eigenvalue weighted by molar-refractivity contribution is 0.0518. The highest BCUT2D eigenvalue weighted by Gasteiger charge is 2.36. The van der Waals surface area contributed by atoms with Crippen molar-refractivity contribution in [1.29, 1.82) is 0 Å². The van der Waals surface area contributed by atoms with Crippen LogP contribution >= 0.6 is 11.8 Å². The molecule has 2 N–H and O–H groups in total. The maximum absolute atomic E-state index is 15.0. The summed E-state index contributed by atoms with van der Waals surface area (Å²) in [5.41, 5.74) is 0.692. The molecule has 3 heterocycles. The van der Waals surface area contributed by atoms with Crippen LogP contribution in [-0.2, 0) is 11.3 Å². The van der Waals surface area contributed by atoms with Crippen LogP contribution in [0.5, 0.6) is 0 Å². The van der Waals surface area contributed by atoms with Crippen molar-refractivity contribution in [2.75, 3.05) is 31.7 Å². The molecule has 0 amide bonds. The van der Waals surface area contributed by atoms with Crippen molar-refractivity contribution in [3.63, 3.8) is 0 Å². The number of fused-ring (bicyclic) bond motifs is 3. The number of nitrogens with zero attached hydrogens (tertiary/aromatic N) is 2. The van der Waals surface area contributed by atoms with E-state index in [4.69, 9.17) is 9.84 Å². The van der Waals surface area contributed by atoms with Gasteiger partial charge >= 0.3 is 5.97 Å². The number of benzene rings is 1. The van der Waals surface area contributed by atoms with Crippen molar-refractivity contribution in [1.82, 2.24) is 4.57 Å². The van der Waals surface area contributed by atoms with E-state index in [-0.39, 0.29) is 29.5 Å². The lowest BCUT2D eigenvalue weighted by Gasteiger charge is -2.34. The number of ether oxygens (including phenoxy) is 1. The van der Waals surface area contributed by atoms with Crippen molar-refractivity contribution in [3.8, 4) is 0 Å². The van der Waals surface area contributed by atoms with Gasteiger partial charge in [-0.15, -0.1) is 0 Å². The van der Waals surface area contributed by atoms with Gasteiger partial charge < -0.3 is 24.4 Å². The maximum Gasteiger partial charge on any atom is 0.344 e. The third-order valence-electron chi connectivity index (χ3n) is 5.18. The van der Waals surface area contributed by atoms with Gasteiger partial charge in [0, 0.05) is 25.8 Å². The van der Waals surface area contributed by atoms with Gasteiger partial charge in [-0.05, 0) is 32.8 Å². The second kappa shape index (κ2) is 14.3. The van der Waals surface area contributed by atoms with Crippen LogP contribution < -0.4 is 10.3 Å². The highest BCUT2D eigenvalue weighted by atomic mass is 32.2. The van der Waals surface area contributed by atoms with Gasteiger partial charge in [-0.25, -0.2) is 9.18 Å². The van der Waals surface area contributed by atoms with E-state index >= 15 is 4.39 Å². The average molecular weight is 499 g/mol. The quantitative estimate of drug-likeness (QED) is 0.568. The Labute approximate surface area is 205 Å². The lowest BCUT2D eigenvalue weighted by Crippen LogP contribution is -2.31. The molecule has 4 rings (SSSR count). The molecule has 0 aliphatic carbocycles. The SMILES string of the molecule is CC.CCC.CCOC(=O)c1c2n(c3c(CO)c(N4CCCC4)c(F)cc3c1=O)C(C)S2.CO. The van der Waals surface area contributed by atoms with Gasteiger partial charge in [-0.3, -0.25) is 4.79 Å². The molecule has 0 saturated carbocycles. The molecular formula is C25H39FN2O5S. The maximum atomic E-state index is 15.0. The predicted octanol–water partition coefficient (Wildman–Crippen LogP) is 5.09. The zero-order valence-electron chi connectivity index (χ0n) is 21.4. The fourth-order valence-corrected chi connectivity index (χ4v) is 5.16. The minimum atomic E-state index is -0.692. The van der Waals surface area contributed by atoms with E-state index in [1.54, 1.807) is 6.92 Å². The molecule has 1 fully saturated rings. The largest absolute Gasteiger partial charge is 0.462 e. The van der Waals surface area contributed by atoms with Gasteiger partial charge in [0.2, 0.25) is 5.43 Å². The van der Waals surface area contributed by atoms with Crippen LogP contribution in [0.3, 0.4) is 0 Å². The summed E-state index contributed by atoms with van der Waals surface area (Å²) in [5.74, 6) is -1.23. The Balaban J connectivity index is 0.000000750. The first-order valence-electron chi connectivity index (χ1n) is 12.0. The highest BCUT2D eigenvalue weighted by Crippen LogP contribution is 2.48. The number of aliphatic hydroxyl groups excluding tert-OH is 2. The molecule has 192 valence electrons. The van der Waals surface area contributed by atoms with Gasteiger partial charge in [0.1, 0.15) is 11.4 Å². The van der Waals surface area contributed by atoms with Crippen LogP contribution in [0.1, 0.15) is 82.1 Å². The Bertz CT molecular complexity index is 1020. The fourth-order valence-electron chi connectivity index (χ4n) is 4.03. The summed E-state index contributed by atoms with van der Waals surface area (Å²) in [5, 5.41) is 17.7. The number of carbonyl (C=O) groups excluding carboxylic acids is 1. The number of rotatable bonds is 4. The number of hydrogen-bond donors (Lipinski definition) is 2. The third kappa shape index (κ3) is 5.75. The van der Waals surface area contributed by atoms with Crippen LogP contribution in [0.15, 0.2) is 15.9 Å². The minimum Gasteiger partial charge on any atom is -0.462 e. The average Bonchev–Trinajstić information content (AvgIpc) is 3.36. The molecule has 1 unspecified atom stereocenters. The minimum absolute atomic E-state index is 0.0292. The van der Waals surface area contributed by atoms with Crippen LogP contribution in [0.25, 0.3) is 10.9 Å². The first kappa shape index (κ1) is 29.9. The summed E-state index contributed by atoms with van der Waals surface area (Å²) >= 11 is 1.40. The summed E-state index contributed by atoms with van der Waals surface area (Å²) in [6, 6.07) is 1.20. The molecule has 9 heteroatoms. The highest BCUT2D eigenvalue weighted by molar-refractivity contribution is 8.00. The Morgan fingerprint density at radius 2 is 1.76 bits per heavy atom. The summed E-state index contributed by atoms with van der Waals surface area (Å²) in [6.07, 6.45) is 3.18. The number of halogens is 1. The molecule has 1 saturated heterocycles. The molecule has 0 spiro atoms. The van der Waals surface area contributed by atoms with Gasteiger partial charge in [0.15, 0.2) is 0 Å². The van der Waals surface area contributed by atoms with Crippen LogP contribution in [0.2, 0.25) is 0 Å². The molecule has 2 aliphatic heterocycles. The number of carbonyl (C=O) groups is 1. The molecule has 2 aromatic rings. The van der Waals surface area contributed by atoms with E-state index in [0.717, 1.165) is 33.0 Å². The summed E-state index contributed by atoms with van der Waals surface area (Å²) < 4.78 is 21.9. The topological polar surface area (TPSA) is 92.0 Å². The lowest BCUT2D eigenvalue weighted by atomic mass is 10.0. The van der Waals surface area contributed by atoms with Crippen molar-refractivity contribution in [2.45, 2.75) is 77.8 Å². The van der Waals surface area contributed by atoms with Gasteiger partial charge in [0.05, 0.1) is 40.2 Å². The molecule has 34 heavy (non-hydrogen) atoms. The van der Waals surface area contributed by atoms with E-state index in [1.807, 2.05) is 30.2 Å². The number of aromatic nitrogens is 1. The zero-order chi connectivity index (χ0) is 26.0. The number of hydrogen-bond acceptors (Lipinski definition) is 7. The Hall–Kier alpha value is -2.10. The second-order valence-corrected chi connectivity index (χ2v) is 8.76. The molecule has 2 aliphatic rings. The standard InChI is InChI=1S/C19H21FN2O4S.C3H8.C2H6.CH4O/c1-3-26-19(25)14-17(24)11-8-13(20)16(21-6-4-5-7-21)12(9-23)15(11)22-10(2)27-18(14)22;1-3-2;2*1-2/h8,10,23H,3-7,9H2,1-2H3;3H2,1-2H3;1-2H3;2H,1H3. The van der Waals surface area contributed by atoms with E-state index in [2.05, 4.69) is 13.8 Å². The summed E-state index contributed by atoms with van der Waals surface area (Å²) in [6.45, 7) is 13.1. The number of pyridine rings is 1. The smallest absolute Gasteiger partial charge is 0.344 e. The molecule has 1 aromatic carbocycles. The Kier molecular flexibility index (Phi) is 12.6. The number of thioether (sulfide) groups is 1. The predicted molar refractivity (Wildman–Crippen MR) is 138 cm³/mol. The van der Waals surface area contributed by atoms with Crippen LogP contribution in [0.4, 0.5) is 10.1 Å². The Morgan fingerprint density at radius 1 is 1.21 bits per heavy atom. The van der Waals surface area contributed by atoms with Gasteiger partial charge in [0.25, 0.3) is 0 Å². The van der Waals surface area contributed by atoms with E-state index in [1.165, 1.54) is 24.2 Å². The van der Waals surface area contributed by atoms with Crippen molar-refractivity contribution in [2.24, 2.45) is 0 Å². The van der Waals surface area contributed by atoms with E-state index in [9.17, 15) is 14.7 Å². The first-order valence-corrected chi connectivity index (χ1v) is 12.9. The fraction of sp³-hybridized carbons (Fsp3) is 0.600. The number of aliphatic hydroxyl groups is 2. The molecular weight excluding hydrogens is 459 g/mol. The molecule has 7 nitrogen and oxygen atoms in total. The number of esters is 1. The van der Waals surface area contributed by atoms with Crippen molar-refractivity contribution in [3.05, 3.63) is 33.2 Å². The first-order chi connectivity index (χ1) is 16.4. The second-order valence-electron chi connectivity index (χ2n) is 7.46. The molecule has 1 aromatic heterocycles. The molecule has 1 atom stereocenters. The molecule has 0 bridgehead atoms. The number of anilines is 1. The monoisotopic (exact) mass is 498 g/mol. The van der Waals surface area contributed by atoms with Gasteiger partial charge in [-0.1, -0.05) is 45.9 Å². The summed E-state index contributed by atoms with van der Waals surface area (Å²) in [7, 11) is 1.00. The Morgan fingerprint density at radius 3 is 2.24 bits per heavy atom. The van der Waals surface area contributed by atoms with Crippen LogP contribution in [-0.4, -0.2) is 47.6 Å². The van der Waals surface area contributed by atoms with Crippen molar-refractivity contribution < 1.29 is 24.1 Å². The van der Waals surface area contributed by atoms with Gasteiger partial charge in [-0.2, -0.15) is 0 Å².